The molecule has 2 aromatic rings. The number of carbonyl (C=O) groups is 2. The van der Waals surface area contributed by atoms with Gasteiger partial charge in [0.1, 0.15) is 17.7 Å². The Morgan fingerprint density at radius 3 is 2.50 bits per heavy atom. The standard InChI is InChI=1S/C19H25ClN6O4/c1-19(2,3)30-18(28)25-7-5-12(6-8-25)22-17(27)13-9-14(20)15(10-16(13)29-4)26-11-21-23-24-26/h9-12H,5-8H2,1-4H3,(H,22,27). The van der Waals surface area contributed by atoms with Crippen molar-refractivity contribution in [2.75, 3.05) is 20.2 Å². The van der Waals surface area contributed by atoms with Crippen LogP contribution in [0.4, 0.5) is 4.79 Å². The SMILES string of the molecule is COc1cc(-n2cnnn2)c(Cl)cc1C(=O)NC1CCN(C(=O)OC(C)(C)C)CC1. The van der Waals surface area contributed by atoms with E-state index in [9.17, 15) is 9.59 Å². The van der Waals surface area contributed by atoms with Crippen LogP contribution < -0.4 is 10.1 Å². The molecule has 0 radical (unpaired) electrons. The molecule has 0 bridgehead atoms. The summed E-state index contributed by atoms with van der Waals surface area (Å²) in [6.07, 6.45) is 2.32. The zero-order valence-electron chi connectivity index (χ0n) is 17.4. The van der Waals surface area contributed by atoms with E-state index in [1.54, 1.807) is 11.0 Å². The quantitative estimate of drug-likeness (QED) is 0.783. The second-order valence-electron chi connectivity index (χ2n) is 7.97. The summed E-state index contributed by atoms with van der Waals surface area (Å²) in [5.41, 5.74) is 0.279. The van der Waals surface area contributed by atoms with Crippen LogP contribution in [0.1, 0.15) is 44.0 Å². The lowest BCUT2D eigenvalue weighted by Crippen LogP contribution is -2.47. The second kappa shape index (κ2) is 8.86. The van der Waals surface area contributed by atoms with Gasteiger partial charge in [-0.3, -0.25) is 4.79 Å². The minimum atomic E-state index is -0.535. The summed E-state index contributed by atoms with van der Waals surface area (Å²) in [6.45, 7) is 6.52. The average Bonchev–Trinajstić information content (AvgIpc) is 3.21. The molecule has 2 heterocycles. The van der Waals surface area contributed by atoms with Gasteiger partial charge in [-0.25, -0.2) is 4.79 Å². The fourth-order valence-corrected chi connectivity index (χ4v) is 3.38. The smallest absolute Gasteiger partial charge is 0.410 e. The van der Waals surface area contributed by atoms with Crippen molar-refractivity contribution in [2.45, 2.75) is 45.3 Å². The first kappa shape index (κ1) is 21.8. The molecule has 1 aromatic carbocycles. The number of nitrogens with one attached hydrogen (secondary N) is 1. The number of amides is 2. The molecule has 3 rings (SSSR count). The molecule has 10 nitrogen and oxygen atoms in total. The highest BCUT2D eigenvalue weighted by Crippen LogP contribution is 2.29. The maximum absolute atomic E-state index is 12.8. The molecule has 0 aliphatic carbocycles. The third-order valence-corrected chi connectivity index (χ3v) is 4.89. The lowest BCUT2D eigenvalue weighted by atomic mass is 10.0. The molecule has 2 amide bonds. The maximum Gasteiger partial charge on any atom is 0.410 e. The third kappa shape index (κ3) is 5.18. The van der Waals surface area contributed by atoms with Gasteiger partial charge in [0.15, 0.2) is 0 Å². The van der Waals surface area contributed by atoms with Gasteiger partial charge in [-0.2, -0.15) is 4.68 Å². The summed E-state index contributed by atoms with van der Waals surface area (Å²) >= 11 is 6.33. The molecule has 1 aliphatic rings. The number of carbonyl (C=O) groups excluding carboxylic acids is 2. The van der Waals surface area contributed by atoms with Crippen LogP contribution >= 0.6 is 11.6 Å². The van der Waals surface area contributed by atoms with E-state index in [1.807, 2.05) is 20.8 Å². The molecule has 0 unspecified atom stereocenters. The van der Waals surface area contributed by atoms with Crippen molar-refractivity contribution >= 4 is 23.6 Å². The van der Waals surface area contributed by atoms with E-state index in [4.69, 9.17) is 21.1 Å². The molecular weight excluding hydrogens is 412 g/mol. The topological polar surface area (TPSA) is 111 Å². The van der Waals surface area contributed by atoms with Crippen LogP contribution in [0.3, 0.4) is 0 Å². The molecule has 0 saturated carbocycles. The minimum Gasteiger partial charge on any atom is -0.496 e. The van der Waals surface area contributed by atoms with Gasteiger partial charge in [0.25, 0.3) is 5.91 Å². The van der Waals surface area contributed by atoms with Crippen molar-refractivity contribution in [1.29, 1.82) is 0 Å². The highest BCUT2D eigenvalue weighted by molar-refractivity contribution is 6.33. The Hall–Kier alpha value is -2.88. The highest BCUT2D eigenvalue weighted by Gasteiger charge is 2.28. The normalized spacial score (nSPS) is 15.0. The second-order valence-corrected chi connectivity index (χ2v) is 8.38. The van der Waals surface area contributed by atoms with E-state index in [1.165, 1.54) is 24.2 Å². The number of rotatable bonds is 4. The molecule has 1 fully saturated rings. The summed E-state index contributed by atoms with van der Waals surface area (Å²) in [6, 6.07) is 3.07. The van der Waals surface area contributed by atoms with Gasteiger partial charge in [-0.05, 0) is 50.1 Å². The number of hydrogen-bond donors (Lipinski definition) is 1. The van der Waals surface area contributed by atoms with Crippen molar-refractivity contribution < 1.29 is 19.1 Å². The number of nitrogens with zero attached hydrogens (tertiary/aromatic N) is 5. The number of methoxy groups -OCH3 is 1. The number of ether oxygens (including phenoxy) is 2. The van der Waals surface area contributed by atoms with Gasteiger partial charge < -0.3 is 19.7 Å². The molecule has 11 heteroatoms. The molecule has 1 aliphatic heterocycles. The maximum atomic E-state index is 12.8. The van der Waals surface area contributed by atoms with Crippen LogP contribution in [0.2, 0.25) is 5.02 Å². The van der Waals surface area contributed by atoms with Gasteiger partial charge in [0, 0.05) is 25.2 Å². The molecule has 30 heavy (non-hydrogen) atoms. The molecule has 0 atom stereocenters. The van der Waals surface area contributed by atoms with Crippen LogP contribution in [0.15, 0.2) is 18.5 Å². The van der Waals surface area contributed by atoms with Gasteiger partial charge in [0.2, 0.25) is 0 Å². The van der Waals surface area contributed by atoms with Crippen LogP contribution in [0, 0.1) is 0 Å². The minimum absolute atomic E-state index is 0.0705. The Balaban J connectivity index is 1.64. The Kier molecular flexibility index (Phi) is 6.45. The van der Waals surface area contributed by atoms with Crippen LogP contribution in [-0.2, 0) is 4.74 Å². The van der Waals surface area contributed by atoms with Gasteiger partial charge >= 0.3 is 6.09 Å². The van der Waals surface area contributed by atoms with Crippen LogP contribution in [0.5, 0.6) is 5.75 Å². The Morgan fingerprint density at radius 2 is 1.93 bits per heavy atom. The zero-order valence-corrected chi connectivity index (χ0v) is 18.1. The number of benzene rings is 1. The van der Waals surface area contributed by atoms with Crippen molar-refractivity contribution in [2.24, 2.45) is 0 Å². The first-order chi connectivity index (χ1) is 14.2. The lowest BCUT2D eigenvalue weighted by molar-refractivity contribution is 0.0199. The Bertz CT molecular complexity index is 904. The largest absolute Gasteiger partial charge is 0.496 e. The van der Waals surface area contributed by atoms with Crippen molar-refractivity contribution in [3.8, 4) is 11.4 Å². The number of hydrogen-bond acceptors (Lipinski definition) is 7. The number of tetrazole rings is 1. The third-order valence-electron chi connectivity index (χ3n) is 4.59. The number of halogens is 1. The van der Waals surface area contributed by atoms with E-state index in [0.29, 0.717) is 48.0 Å². The molecule has 1 saturated heterocycles. The summed E-state index contributed by atoms with van der Waals surface area (Å²) in [4.78, 5) is 26.7. The highest BCUT2D eigenvalue weighted by atomic mass is 35.5. The average molecular weight is 437 g/mol. The molecule has 162 valence electrons. The Morgan fingerprint density at radius 1 is 1.23 bits per heavy atom. The fraction of sp³-hybridized carbons (Fsp3) is 0.526. The lowest BCUT2D eigenvalue weighted by Gasteiger charge is -2.33. The molecule has 1 aromatic heterocycles. The van der Waals surface area contributed by atoms with Crippen molar-refractivity contribution in [3.05, 3.63) is 29.0 Å². The van der Waals surface area contributed by atoms with E-state index in [0.717, 1.165) is 0 Å². The van der Waals surface area contributed by atoms with E-state index < -0.39 is 5.60 Å². The fourth-order valence-electron chi connectivity index (χ4n) is 3.13. The first-order valence-corrected chi connectivity index (χ1v) is 9.95. The molecular formula is C19H25ClN6O4. The zero-order chi connectivity index (χ0) is 21.9. The van der Waals surface area contributed by atoms with Crippen LogP contribution in [0.25, 0.3) is 5.69 Å². The van der Waals surface area contributed by atoms with Crippen molar-refractivity contribution in [1.82, 2.24) is 30.4 Å². The Labute approximate surface area is 179 Å². The number of aromatic nitrogens is 4. The van der Waals surface area contributed by atoms with E-state index >= 15 is 0 Å². The van der Waals surface area contributed by atoms with Crippen LogP contribution in [-0.4, -0.2) is 68.9 Å². The van der Waals surface area contributed by atoms with Gasteiger partial charge in [-0.1, -0.05) is 11.6 Å². The summed E-state index contributed by atoms with van der Waals surface area (Å²) in [5, 5.41) is 14.3. The summed E-state index contributed by atoms with van der Waals surface area (Å²) in [7, 11) is 1.47. The predicted octanol–water partition coefficient (Wildman–Crippen LogP) is 2.45. The molecule has 0 spiro atoms. The summed E-state index contributed by atoms with van der Waals surface area (Å²) in [5.74, 6) is 0.0568. The number of likely N-dealkylation sites (tertiary alicyclic amines) is 1. The summed E-state index contributed by atoms with van der Waals surface area (Å²) < 4.78 is 12.2. The van der Waals surface area contributed by atoms with E-state index in [2.05, 4.69) is 20.8 Å². The van der Waals surface area contributed by atoms with E-state index in [-0.39, 0.29) is 18.0 Å². The monoisotopic (exact) mass is 436 g/mol. The van der Waals surface area contributed by atoms with Gasteiger partial charge in [0.05, 0.1) is 23.4 Å². The first-order valence-electron chi connectivity index (χ1n) is 9.57. The van der Waals surface area contributed by atoms with Gasteiger partial charge in [-0.15, -0.1) is 5.10 Å². The number of piperidine rings is 1. The molecule has 1 N–H and O–H groups in total. The van der Waals surface area contributed by atoms with Crippen molar-refractivity contribution in [3.63, 3.8) is 0 Å². The predicted molar refractivity (Wildman–Crippen MR) is 109 cm³/mol.